The average molecular weight is 392 g/mol. The van der Waals surface area contributed by atoms with E-state index in [9.17, 15) is 4.79 Å². The summed E-state index contributed by atoms with van der Waals surface area (Å²) in [4.78, 5) is 10.9. The number of carbonyl (C=O) groups is 1. The molecule has 0 spiro atoms. The fourth-order valence-electron chi connectivity index (χ4n) is 2.71. The normalized spacial score (nSPS) is 15.7. The molecule has 0 saturated heterocycles. The van der Waals surface area contributed by atoms with Crippen LogP contribution in [0.4, 0.5) is 0 Å². The van der Waals surface area contributed by atoms with Crippen LogP contribution in [0.5, 0.6) is 5.75 Å². The lowest BCUT2D eigenvalue weighted by molar-refractivity contribution is -0.119. The quantitative estimate of drug-likeness (QED) is 0.729. The number of rotatable bonds is 6. The molecule has 3 N–H and O–H groups in total. The van der Waals surface area contributed by atoms with Gasteiger partial charge in [-0.25, -0.2) is 0 Å². The summed E-state index contributed by atoms with van der Waals surface area (Å²) < 4.78 is 6.49. The van der Waals surface area contributed by atoms with E-state index in [0.29, 0.717) is 6.04 Å². The van der Waals surface area contributed by atoms with Crippen LogP contribution in [-0.2, 0) is 11.3 Å². The molecule has 0 aromatic heterocycles. The fraction of sp³-hybridized carbons (Fsp3) is 0.562. The number of benzene rings is 1. The van der Waals surface area contributed by atoms with Crippen molar-refractivity contribution in [2.75, 3.05) is 6.61 Å². The maximum Gasteiger partial charge on any atom is 0.255 e. The molecule has 1 aromatic rings. The van der Waals surface area contributed by atoms with Crippen LogP contribution in [0.2, 0.25) is 0 Å². The standard InChI is InChI=1S/C16H23BrN2O2.ClH/c17-13-7-8-15(21-11-16(18)20)12(9-13)10-19-14-5-3-1-2-4-6-14;/h7-9,14,19H,1-6,10-11H2,(H2,18,20);1H. The van der Waals surface area contributed by atoms with Gasteiger partial charge < -0.3 is 15.8 Å². The van der Waals surface area contributed by atoms with Gasteiger partial charge in [0.05, 0.1) is 0 Å². The SMILES string of the molecule is Cl.NC(=O)COc1ccc(Br)cc1CNC1CCCCCC1. The molecule has 1 saturated carbocycles. The molecule has 124 valence electrons. The van der Waals surface area contributed by atoms with Crippen molar-refractivity contribution in [1.29, 1.82) is 0 Å². The Morgan fingerprint density at radius 1 is 1.27 bits per heavy atom. The van der Waals surface area contributed by atoms with Gasteiger partial charge in [-0.2, -0.15) is 0 Å². The summed E-state index contributed by atoms with van der Waals surface area (Å²) in [5.74, 6) is 0.263. The van der Waals surface area contributed by atoms with Crippen LogP contribution in [-0.4, -0.2) is 18.6 Å². The highest BCUT2D eigenvalue weighted by atomic mass is 79.9. The molecule has 1 aromatic carbocycles. The van der Waals surface area contributed by atoms with Crippen molar-refractivity contribution in [3.8, 4) is 5.75 Å². The third-order valence-electron chi connectivity index (χ3n) is 3.83. The molecular weight excluding hydrogens is 368 g/mol. The third-order valence-corrected chi connectivity index (χ3v) is 4.32. The van der Waals surface area contributed by atoms with E-state index in [-0.39, 0.29) is 19.0 Å². The van der Waals surface area contributed by atoms with Gasteiger partial charge in [-0.15, -0.1) is 12.4 Å². The molecule has 0 radical (unpaired) electrons. The second kappa shape index (κ2) is 10.1. The van der Waals surface area contributed by atoms with E-state index in [4.69, 9.17) is 10.5 Å². The molecule has 4 nitrogen and oxygen atoms in total. The maximum atomic E-state index is 10.9. The molecule has 0 atom stereocenters. The van der Waals surface area contributed by atoms with Crippen LogP contribution < -0.4 is 15.8 Å². The zero-order chi connectivity index (χ0) is 15.1. The van der Waals surface area contributed by atoms with Crippen LogP contribution in [0.25, 0.3) is 0 Å². The van der Waals surface area contributed by atoms with Crippen molar-refractivity contribution >= 4 is 34.2 Å². The van der Waals surface area contributed by atoms with Gasteiger partial charge in [0.2, 0.25) is 0 Å². The van der Waals surface area contributed by atoms with Gasteiger partial charge in [0.25, 0.3) is 5.91 Å². The van der Waals surface area contributed by atoms with Crippen LogP contribution in [0.3, 0.4) is 0 Å². The summed E-state index contributed by atoms with van der Waals surface area (Å²) >= 11 is 3.48. The molecule has 0 aliphatic heterocycles. The van der Waals surface area contributed by atoms with Crippen molar-refractivity contribution in [3.63, 3.8) is 0 Å². The van der Waals surface area contributed by atoms with E-state index in [1.165, 1.54) is 38.5 Å². The molecule has 2 rings (SSSR count). The lowest BCUT2D eigenvalue weighted by Crippen LogP contribution is -2.28. The molecule has 0 heterocycles. The zero-order valence-corrected chi connectivity index (χ0v) is 15.0. The van der Waals surface area contributed by atoms with Crippen LogP contribution in [0, 0.1) is 0 Å². The predicted molar refractivity (Wildman–Crippen MR) is 94.4 cm³/mol. The van der Waals surface area contributed by atoms with Crippen molar-refractivity contribution in [1.82, 2.24) is 5.32 Å². The molecule has 1 aliphatic rings. The summed E-state index contributed by atoms with van der Waals surface area (Å²) in [7, 11) is 0. The van der Waals surface area contributed by atoms with Gasteiger partial charge in [-0.3, -0.25) is 4.79 Å². The Balaban J connectivity index is 0.00000242. The first-order chi connectivity index (χ1) is 10.1. The smallest absolute Gasteiger partial charge is 0.255 e. The van der Waals surface area contributed by atoms with E-state index >= 15 is 0 Å². The predicted octanol–water partition coefficient (Wildman–Crippen LogP) is 3.55. The lowest BCUT2D eigenvalue weighted by atomic mass is 10.1. The molecule has 0 bridgehead atoms. The van der Waals surface area contributed by atoms with E-state index < -0.39 is 5.91 Å². The number of hydrogen-bond acceptors (Lipinski definition) is 3. The molecule has 0 unspecified atom stereocenters. The monoisotopic (exact) mass is 390 g/mol. The molecule has 1 amide bonds. The Hall–Kier alpha value is -0.780. The number of nitrogens with two attached hydrogens (primary N) is 1. The lowest BCUT2D eigenvalue weighted by Gasteiger charge is -2.18. The van der Waals surface area contributed by atoms with E-state index in [1.807, 2.05) is 18.2 Å². The first-order valence-electron chi connectivity index (χ1n) is 7.58. The minimum atomic E-state index is -0.458. The molecule has 1 fully saturated rings. The van der Waals surface area contributed by atoms with E-state index in [0.717, 1.165) is 22.3 Å². The Morgan fingerprint density at radius 2 is 1.95 bits per heavy atom. The molecule has 1 aliphatic carbocycles. The van der Waals surface area contributed by atoms with Gasteiger partial charge >= 0.3 is 0 Å². The van der Waals surface area contributed by atoms with E-state index in [2.05, 4.69) is 21.2 Å². The van der Waals surface area contributed by atoms with Gasteiger partial charge in [0, 0.05) is 22.6 Å². The van der Waals surface area contributed by atoms with Crippen LogP contribution in [0.15, 0.2) is 22.7 Å². The highest BCUT2D eigenvalue weighted by Gasteiger charge is 2.13. The first kappa shape index (κ1) is 19.3. The van der Waals surface area contributed by atoms with Crippen LogP contribution >= 0.6 is 28.3 Å². The summed E-state index contributed by atoms with van der Waals surface area (Å²) in [6.45, 7) is 0.663. The van der Waals surface area contributed by atoms with Gasteiger partial charge in [0.1, 0.15) is 5.75 Å². The van der Waals surface area contributed by atoms with Gasteiger partial charge in [0.15, 0.2) is 6.61 Å². The number of primary amides is 1. The van der Waals surface area contributed by atoms with E-state index in [1.54, 1.807) is 0 Å². The number of ether oxygens (including phenoxy) is 1. The Labute approximate surface area is 146 Å². The zero-order valence-electron chi connectivity index (χ0n) is 12.6. The summed E-state index contributed by atoms with van der Waals surface area (Å²) in [5, 5.41) is 3.62. The number of amides is 1. The third kappa shape index (κ3) is 6.55. The highest BCUT2D eigenvalue weighted by molar-refractivity contribution is 9.10. The number of nitrogens with one attached hydrogen (secondary N) is 1. The molecular formula is C16H24BrClN2O2. The molecule has 22 heavy (non-hydrogen) atoms. The van der Waals surface area contributed by atoms with Crippen molar-refractivity contribution < 1.29 is 9.53 Å². The summed E-state index contributed by atoms with van der Waals surface area (Å²) in [6, 6.07) is 6.39. The molecule has 6 heteroatoms. The minimum absolute atomic E-state index is 0. The minimum Gasteiger partial charge on any atom is -0.483 e. The average Bonchev–Trinajstić information content (AvgIpc) is 2.72. The first-order valence-corrected chi connectivity index (χ1v) is 8.37. The van der Waals surface area contributed by atoms with Gasteiger partial charge in [-0.05, 0) is 31.0 Å². The van der Waals surface area contributed by atoms with Gasteiger partial charge in [-0.1, -0.05) is 41.6 Å². The largest absolute Gasteiger partial charge is 0.483 e. The number of carbonyl (C=O) groups excluding carboxylic acids is 1. The maximum absolute atomic E-state index is 10.9. The summed E-state index contributed by atoms with van der Waals surface area (Å²) in [6.07, 6.45) is 7.80. The Bertz CT molecular complexity index is 477. The topological polar surface area (TPSA) is 64.4 Å². The van der Waals surface area contributed by atoms with Crippen molar-refractivity contribution in [2.24, 2.45) is 5.73 Å². The Morgan fingerprint density at radius 3 is 2.59 bits per heavy atom. The fourth-order valence-corrected chi connectivity index (χ4v) is 3.12. The second-order valence-corrected chi connectivity index (χ2v) is 6.49. The van der Waals surface area contributed by atoms with Crippen molar-refractivity contribution in [2.45, 2.75) is 51.1 Å². The van der Waals surface area contributed by atoms with Crippen LogP contribution in [0.1, 0.15) is 44.1 Å². The number of halogens is 2. The number of hydrogen-bond donors (Lipinski definition) is 2. The highest BCUT2D eigenvalue weighted by Crippen LogP contribution is 2.24. The Kier molecular flexibility index (Phi) is 8.83. The van der Waals surface area contributed by atoms with Crippen molar-refractivity contribution in [3.05, 3.63) is 28.2 Å². The summed E-state index contributed by atoms with van der Waals surface area (Å²) in [5.41, 5.74) is 6.19. The second-order valence-electron chi connectivity index (χ2n) is 5.58.